The van der Waals surface area contributed by atoms with Crippen LogP contribution < -0.4 is 10.9 Å². The third-order valence-electron chi connectivity index (χ3n) is 6.70. The Morgan fingerprint density at radius 3 is 2.06 bits per heavy atom. The summed E-state index contributed by atoms with van der Waals surface area (Å²) in [6, 6.07) is 16.3. The Balaban J connectivity index is 1.19. The van der Waals surface area contributed by atoms with Gasteiger partial charge in [0.05, 0.1) is 6.04 Å². The van der Waals surface area contributed by atoms with Gasteiger partial charge in [0, 0.05) is 44.5 Å². The van der Waals surface area contributed by atoms with Crippen molar-refractivity contribution in [2.45, 2.75) is 24.5 Å². The maximum Gasteiger partial charge on any atom is 0.254 e. The van der Waals surface area contributed by atoms with Crippen molar-refractivity contribution in [3.8, 4) is 11.1 Å². The van der Waals surface area contributed by atoms with Crippen molar-refractivity contribution in [1.29, 1.82) is 0 Å². The standard InChI is InChI=1S/C25H29N5O3/c1-2-30-26-17-22(27-30)20-7-3-18(4-8-20)19-5-9-21(10-6-19)23(31)28-13-15-29(16-14-28)24(32)25(33)11-12-25/h2-10,22,26-27,33H,1,11-17H2. The zero-order valence-electron chi connectivity index (χ0n) is 18.5. The number of hydrogen-bond acceptors (Lipinski definition) is 6. The van der Waals surface area contributed by atoms with Crippen molar-refractivity contribution in [3.63, 3.8) is 0 Å². The number of piperazine rings is 1. The second-order valence-corrected chi connectivity index (χ2v) is 8.91. The first-order valence-corrected chi connectivity index (χ1v) is 11.4. The summed E-state index contributed by atoms with van der Waals surface area (Å²) in [4.78, 5) is 28.7. The van der Waals surface area contributed by atoms with E-state index in [2.05, 4.69) is 41.7 Å². The summed E-state index contributed by atoms with van der Waals surface area (Å²) in [6.07, 6.45) is 2.79. The number of aliphatic hydroxyl groups is 1. The Labute approximate surface area is 193 Å². The lowest BCUT2D eigenvalue weighted by Gasteiger charge is -2.35. The van der Waals surface area contributed by atoms with Crippen molar-refractivity contribution in [2.75, 3.05) is 32.7 Å². The van der Waals surface area contributed by atoms with Gasteiger partial charge >= 0.3 is 0 Å². The van der Waals surface area contributed by atoms with Gasteiger partial charge in [0.1, 0.15) is 5.60 Å². The van der Waals surface area contributed by atoms with Crippen LogP contribution in [-0.4, -0.2) is 70.2 Å². The number of benzene rings is 2. The molecule has 2 aromatic rings. The minimum Gasteiger partial charge on any atom is -0.380 e. The molecular weight excluding hydrogens is 418 g/mol. The minimum absolute atomic E-state index is 0.0271. The summed E-state index contributed by atoms with van der Waals surface area (Å²) in [6.45, 7) is 6.44. The van der Waals surface area contributed by atoms with Crippen LogP contribution in [0.5, 0.6) is 0 Å². The van der Waals surface area contributed by atoms with E-state index in [0.29, 0.717) is 44.6 Å². The molecule has 172 valence electrons. The molecule has 8 nitrogen and oxygen atoms in total. The predicted molar refractivity (Wildman–Crippen MR) is 124 cm³/mol. The summed E-state index contributed by atoms with van der Waals surface area (Å²) in [5.41, 5.74) is 9.35. The highest BCUT2D eigenvalue weighted by Crippen LogP contribution is 2.37. The molecule has 2 amide bonds. The number of rotatable bonds is 5. The van der Waals surface area contributed by atoms with Gasteiger partial charge in [-0.1, -0.05) is 43.0 Å². The molecule has 2 saturated heterocycles. The highest BCUT2D eigenvalue weighted by atomic mass is 16.3. The molecule has 0 spiro atoms. The second kappa shape index (κ2) is 8.62. The average molecular weight is 448 g/mol. The van der Waals surface area contributed by atoms with E-state index in [1.54, 1.807) is 21.1 Å². The molecule has 1 saturated carbocycles. The summed E-state index contributed by atoms with van der Waals surface area (Å²) in [5, 5.41) is 11.8. The van der Waals surface area contributed by atoms with Crippen LogP contribution in [-0.2, 0) is 4.79 Å². The summed E-state index contributed by atoms with van der Waals surface area (Å²) in [5.74, 6) is -0.219. The summed E-state index contributed by atoms with van der Waals surface area (Å²) < 4.78 is 0. The molecule has 3 N–H and O–H groups in total. The Morgan fingerprint density at radius 2 is 1.52 bits per heavy atom. The zero-order valence-corrected chi connectivity index (χ0v) is 18.5. The maximum absolute atomic E-state index is 12.9. The van der Waals surface area contributed by atoms with Crippen molar-refractivity contribution >= 4 is 11.8 Å². The van der Waals surface area contributed by atoms with E-state index < -0.39 is 5.60 Å². The fourth-order valence-corrected chi connectivity index (χ4v) is 4.39. The van der Waals surface area contributed by atoms with Gasteiger partial charge in [-0.25, -0.2) is 16.0 Å². The zero-order chi connectivity index (χ0) is 23.0. The smallest absolute Gasteiger partial charge is 0.254 e. The largest absolute Gasteiger partial charge is 0.380 e. The molecule has 1 aliphatic carbocycles. The van der Waals surface area contributed by atoms with E-state index in [-0.39, 0.29) is 17.9 Å². The first-order chi connectivity index (χ1) is 16.0. The maximum atomic E-state index is 12.9. The number of hydrazine groups is 2. The Hall–Kier alpha value is -3.20. The molecule has 1 unspecified atom stereocenters. The molecule has 2 heterocycles. The number of nitrogens with zero attached hydrogens (tertiary/aromatic N) is 3. The molecule has 0 bridgehead atoms. The normalized spacial score (nSPS) is 21.7. The number of amides is 2. The highest BCUT2D eigenvalue weighted by molar-refractivity contribution is 5.95. The van der Waals surface area contributed by atoms with Gasteiger partial charge in [-0.2, -0.15) is 0 Å². The predicted octanol–water partition coefficient (Wildman–Crippen LogP) is 1.67. The molecule has 1 atom stereocenters. The van der Waals surface area contributed by atoms with Crippen molar-refractivity contribution < 1.29 is 14.7 Å². The van der Waals surface area contributed by atoms with E-state index in [0.717, 1.165) is 17.7 Å². The van der Waals surface area contributed by atoms with Crippen molar-refractivity contribution in [3.05, 3.63) is 72.4 Å². The Morgan fingerprint density at radius 1 is 0.939 bits per heavy atom. The molecule has 33 heavy (non-hydrogen) atoms. The van der Waals surface area contributed by atoms with E-state index >= 15 is 0 Å². The molecule has 2 aromatic carbocycles. The van der Waals surface area contributed by atoms with Crippen LogP contribution in [0, 0.1) is 0 Å². The quantitative estimate of drug-likeness (QED) is 0.646. The van der Waals surface area contributed by atoms with Gasteiger partial charge in [0.2, 0.25) is 0 Å². The lowest BCUT2D eigenvalue weighted by Crippen LogP contribution is -2.53. The topological polar surface area (TPSA) is 88.2 Å². The van der Waals surface area contributed by atoms with Crippen LogP contribution in [0.2, 0.25) is 0 Å². The molecule has 0 aromatic heterocycles. The lowest BCUT2D eigenvalue weighted by molar-refractivity contribution is -0.143. The third kappa shape index (κ3) is 4.37. The first kappa shape index (κ1) is 21.6. The van der Waals surface area contributed by atoms with E-state index in [1.165, 1.54) is 5.56 Å². The third-order valence-corrected chi connectivity index (χ3v) is 6.70. The monoisotopic (exact) mass is 447 g/mol. The van der Waals surface area contributed by atoms with Crippen LogP contribution in [0.4, 0.5) is 0 Å². The van der Waals surface area contributed by atoms with Gasteiger partial charge in [0.15, 0.2) is 0 Å². The second-order valence-electron chi connectivity index (χ2n) is 8.91. The number of carbonyl (C=O) groups excluding carboxylic acids is 2. The van der Waals surface area contributed by atoms with Gasteiger partial charge < -0.3 is 14.9 Å². The van der Waals surface area contributed by atoms with Crippen molar-refractivity contribution in [2.24, 2.45) is 0 Å². The molecular formula is C25H29N5O3. The fraction of sp³-hybridized carbons (Fsp3) is 0.360. The van der Waals surface area contributed by atoms with E-state index in [1.807, 2.05) is 24.3 Å². The van der Waals surface area contributed by atoms with Gasteiger partial charge in [-0.15, -0.1) is 0 Å². The van der Waals surface area contributed by atoms with E-state index in [9.17, 15) is 14.7 Å². The van der Waals surface area contributed by atoms with Crippen molar-refractivity contribution in [1.82, 2.24) is 25.8 Å². The molecule has 3 aliphatic rings. The molecule has 8 heteroatoms. The summed E-state index contributed by atoms with van der Waals surface area (Å²) >= 11 is 0. The van der Waals surface area contributed by atoms with Crippen LogP contribution in [0.15, 0.2) is 61.3 Å². The SMILES string of the molecule is C=CN1NCC(c2ccc(-c3ccc(C(=O)N4CCN(C(=O)C5(O)CC5)CC4)cc3)cc2)N1. The fourth-order valence-electron chi connectivity index (χ4n) is 4.39. The molecule has 3 fully saturated rings. The van der Waals surface area contributed by atoms with Gasteiger partial charge in [0.25, 0.3) is 11.8 Å². The van der Waals surface area contributed by atoms with Crippen LogP contribution in [0.3, 0.4) is 0 Å². The number of carbonyl (C=O) groups is 2. The minimum atomic E-state index is -1.14. The summed E-state index contributed by atoms with van der Waals surface area (Å²) in [7, 11) is 0. The number of hydrogen-bond donors (Lipinski definition) is 3. The Kier molecular flexibility index (Phi) is 5.65. The van der Waals surface area contributed by atoms with Crippen LogP contribution in [0.1, 0.15) is 34.8 Å². The highest BCUT2D eigenvalue weighted by Gasteiger charge is 2.50. The van der Waals surface area contributed by atoms with Crippen LogP contribution >= 0.6 is 0 Å². The van der Waals surface area contributed by atoms with Gasteiger partial charge in [-0.05, 0) is 41.7 Å². The average Bonchev–Trinajstić information content (AvgIpc) is 3.44. The molecule has 2 aliphatic heterocycles. The van der Waals surface area contributed by atoms with E-state index in [4.69, 9.17) is 0 Å². The molecule has 5 rings (SSSR count). The number of nitrogens with one attached hydrogen (secondary N) is 2. The van der Waals surface area contributed by atoms with Gasteiger partial charge in [-0.3, -0.25) is 9.59 Å². The Bertz CT molecular complexity index is 1040. The first-order valence-electron chi connectivity index (χ1n) is 11.4. The van der Waals surface area contributed by atoms with Crippen LogP contribution in [0.25, 0.3) is 11.1 Å². The molecule has 0 radical (unpaired) electrons. The lowest BCUT2D eigenvalue weighted by atomic mass is 10.00.